The summed E-state index contributed by atoms with van der Waals surface area (Å²) in [6.45, 7) is 11.8. The highest BCUT2D eigenvalue weighted by Gasteiger charge is 2.15. The van der Waals surface area contributed by atoms with Gasteiger partial charge in [-0.15, -0.1) is 0 Å². The molecule has 21 heavy (non-hydrogen) atoms. The third-order valence-corrected chi connectivity index (χ3v) is 3.36. The molecule has 0 spiro atoms. The average Bonchev–Trinajstić information content (AvgIpc) is 2.35. The second-order valence-electron chi connectivity index (χ2n) is 6.83. The molecule has 0 aromatic heterocycles. The molecule has 0 aliphatic heterocycles. The van der Waals surface area contributed by atoms with Crippen molar-refractivity contribution in [2.75, 3.05) is 11.9 Å². The summed E-state index contributed by atoms with van der Waals surface area (Å²) in [4.78, 5) is 10.7. The van der Waals surface area contributed by atoms with E-state index in [1.165, 1.54) is 11.6 Å². The molecule has 0 saturated carbocycles. The number of carboxylic acids is 1. The summed E-state index contributed by atoms with van der Waals surface area (Å²) in [6.07, 6.45) is 3.91. The molecule has 0 unspecified atom stereocenters. The van der Waals surface area contributed by atoms with E-state index in [-0.39, 0.29) is 5.41 Å². The zero-order chi connectivity index (χ0) is 16.0. The smallest absolute Gasteiger partial charge is 0.328 e. The molecule has 0 aliphatic rings. The molecule has 3 heteroatoms. The monoisotopic (exact) mass is 289 g/mol. The second kappa shape index (κ2) is 7.30. The highest BCUT2D eigenvalue weighted by Crippen LogP contribution is 2.28. The van der Waals surface area contributed by atoms with Gasteiger partial charge in [0.2, 0.25) is 0 Å². The van der Waals surface area contributed by atoms with E-state index in [1.54, 1.807) is 6.08 Å². The Hall–Kier alpha value is -1.77. The van der Waals surface area contributed by atoms with Crippen molar-refractivity contribution in [2.24, 2.45) is 5.92 Å². The Morgan fingerprint density at radius 1 is 1.33 bits per heavy atom. The lowest BCUT2D eigenvalue weighted by Crippen LogP contribution is -2.13. The molecule has 1 rings (SSSR count). The highest BCUT2D eigenvalue weighted by atomic mass is 16.4. The molecule has 0 saturated heterocycles. The van der Waals surface area contributed by atoms with Crippen LogP contribution in [0.5, 0.6) is 0 Å². The van der Waals surface area contributed by atoms with E-state index in [9.17, 15) is 4.79 Å². The van der Waals surface area contributed by atoms with Crippen LogP contribution in [0.4, 0.5) is 5.69 Å². The van der Waals surface area contributed by atoms with Gasteiger partial charge in [0, 0.05) is 18.3 Å². The summed E-state index contributed by atoms with van der Waals surface area (Å²) < 4.78 is 0. The summed E-state index contributed by atoms with van der Waals surface area (Å²) >= 11 is 0. The molecule has 0 amide bonds. The number of hydrogen-bond acceptors (Lipinski definition) is 2. The van der Waals surface area contributed by atoms with Crippen LogP contribution in [0.15, 0.2) is 24.3 Å². The van der Waals surface area contributed by atoms with E-state index in [0.29, 0.717) is 5.92 Å². The first kappa shape index (κ1) is 17.3. The Kier molecular flexibility index (Phi) is 6.01. The molecule has 1 aromatic carbocycles. The number of hydrogen-bond donors (Lipinski definition) is 2. The van der Waals surface area contributed by atoms with Crippen molar-refractivity contribution < 1.29 is 9.90 Å². The minimum atomic E-state index is -0.928. The van der Waals surface area contributed by atoms with Gasteiger partial charge < -0.3 is 10.4 Å². The van der Waals surface area contributed by atoms with Crippen molar-refractivity contribution in [2.45, 2.75) is 46.5 Å². The summed E-state index contributed by atoms with van der Waals surface area (Å²) in [5.74, 6) is -0.288. The molecule has 116 valence electrons. The van der Waals surface area contributed by atoms with Crippen molar-refractivity contribution in [3.8, 4) is 0 Å². The molecule has 2 N–H and O–H groups in total. The van der Waals surface area contributed by atoms with Gasteiger partial charge in [0.05, 0.1) is 0 Å². The first-order valence-corrected chi connectivity index (χ1v) is 7.49. The molecular weight excluding hydrogens is 262 g/mol. The number of carbonyl (C=O) groups is 1. The largest absolute Gasteiger partial charge is 0.478 e. The summed E-state index contributed by atoms with van der Waals surface area (Å²) in [6, 6.07) is 6.18. The molecule has 0 aliphatic carbocycles. The summed E-state index contributed by atoms with van der Waals surface area (Å²) in [5.41, 5.74) is 3.22. The van der Waals surface area contributed by atoms with Crippen LogP contribution in [0.2, 0.25) is 0 Å². The van der Waals surface area contributed by atoms with Crippen LogP contribution in [0, 0.1) is 5.92 Å². The standard InChI is InChI=1S/C18H27NO2/c1-13(2)10-11-19-16-12-15(18(3,4)5)8-6-14(16)7-9-17(20)21/h6-9,12-13,19H,10-11H2,1-5H3,(H,20,21)/b9-7+. The fourth-order valence-electron chi connectivity index (χ4n) is 1.98. The van der Waals surface area contributed by atoms with Crippen molar-refractivity contribution in [3.05, 3.63) is 35.4 Å². The van der Waals surface area contributed by atoms with Gasteiger partial charge in [-0.25, -0.2) is 4.79 Å². The topological polar surface area (TPSA) is 49.3 Å². The van der Waals surface area contributed by atoms with Crippen molar-refractivity contribution in [1.82, 2.24) is 0 Å². The van der Waals surface area contributed by atoms with Crippen molar-refractivity contribution in [1.29, 1.82) is 0 Å². The van der Waals surface area contributed by atoms with Crippen LogP contribution in [-0.2, 0) is 10.2 Å². The predicted molar refractivity (Wildman–Crippen MR) is 89.8 cm³/mol. The molecule has 0 bridgehead atoms. The Balaban J connectivity index is 3.03. The van der Waals surface area contributed by atoms with E-state index in [1.807, 2.05) is 6.07 Å². The van der Waals surface area contributed by atoms with E-state index < -0.39 is 5.97 Å². The predicted octanol–water partition coefficient (Wildman–Crippen LogP) is 4.54. The van der Waals surface area contributed by atoms with E-state index in [2.05, 4.69) is 52.1 Å². The molecule has 0 atom stereocenters. The van der Waals surface area contributed by atoms with Crippen LogP contribution >= 0.6 is 0 Å². The minimum absolute atomic E-state index is 0.0729. The van der Waals surface area contributed by atoms with Gasteiger partial charge in [-0.05, 0) is 41.0 Å². The van der Waals surface area contributed by atoms with Gasteiger partial charge in [0.1, 0.15) is 0 Å². The maximum Gasteiger partial charge on any atom is 0.328 e. The van der Waals surface area contributed by atoms with E-state index >= 15 is 0 Å². The lowest BCUT2D eigenvalue weighted by atomic mass is 9.86. The molecule has 0 radical (unpaired) electrons. The first-order valence-electron chi connectivity index (χ1n) is 7.49. The van der Waals surface area contributed by atoms with Crippen molar-refractivity contribution >= 4 is 17.7 Å². The number of nitrogens with one attached hydrogen (secondary N) is 1. The lowest BCUT2D eigenvalue weighted by Gasteiger charge is -2.21. The number of rotatable bonds is 6. The van der Waals surface area contributed by atoms with Gasteiger partial charge in [0.25, 0.3) is 0 Å². The number of carboxylic acid groups (broad SMARTS) is 1. The summed E-state index contributed by atoms with van der Waals surface area (Å²) in [7, 11) is 0. The van der Waals surface area contributed by atoms with Crippen LogP contribution < -0.4 is 5.32 Å². The molecular formula is C18H27NO2. The highest BCUT2D eigenvalue weighted by molar-refractivity contribution is 5.87. The Morgan fingerprint density at radius 2 is 2.00 bits per heavy atom. The first-order chi connectivity index (χ1) is 9.70. The fourth-order valence-corrected chi connectivity index (χ4v) is 1.98. The number of aliphatic carboxylic acids is 1. The van der Waals surface area contributed by atoms with Crippen LogP contribution in [-0.4, -0.2) is 17.6 Å². The number of benzene rings is 1. The Morgan fingerprint density at radius 3 is 2.52 bits per heavy atom. The van der Waals surface area contributed by atoms with Gasteiger partial charge in [-0.3, -0.25) is 0 Å². The quantitative estimate of drug-likeness (QED) is 0.756. The zero-order valence-corrected chi connectivity index (χ0v) is 13.7. The van der Waals surface area contributed by atoms with Crippen LogP contribution in [0.3, 0.4) is 0 Å². The normalized spacial score (nSPS) is 12.1. The van der Waals surface area contributed by atoms with Gasteiger partial charge >= 0.3 is 5.97 Å². The third-order valence-electron chi connectivity index (χ3n) is 3.36. The summed E-state index contributed by atoms with van der Waals surface area (Å²) in [5, 5.41) is 12.2. The van der Waals surface area contributed by atoms with Gasteiger partial charge in [-0.2, -0.15) is 0 Å². The molecule has 0 fully saturated rings. The molecule has 0 heterocycles. The van der Waals surface area contributed by atoms with Gasteiger partial charge in [0.15, 0.2) is 0 Å². The SMILES string of the molecule is CC(C)CCNc1cc(C(C)(C)C)ccc1/C=C/C(=O)O. The Labute approximate surface area is 128 Å². The maximum absolute atomic E-state index is 10.7. The maximum atomic E-state index is 10.7. The van der Waals surface area contributed by atoms with Gasteiger partial charge in [-0.1, -0.05) is 46.8 Å². The molecule has 1 aromatic rings. The Bertz CT molecular complexity index is 510. The van der Waals surface area contributed by atoms with Crippen LogP contribution in [0.25, 0.3) is 6.08 Å². The second-order valence-corrected chi connectivity index (χ2v) is 6.83. The molecule has 3 nitrogen and oxygen atoms in total. The zero-order valence-electron chi connectivity index (χ0n) is 13.7. The minimum Gasteiger partial charge on any atom is -0.478 e. The van der Waals surface area contributed by atoms with E-state index in [4.69, 9.17) is 5.11 Å². The average molecular weight is 289 g/mol. The van der Waals surface area contributed by atoms with E-state index in [0.717, 1.165) is 24.2 Å². The number of anilines is 1. The third kappa shape index (κ3) is 6.03. The lowest BCUT2D eigenvalue weighted by molar-refractivity contribution is -0.131. The van der Waals surface area contributed by atoms with Crippen LogP contribution in [0.1, 0.15) is 52.2 Å². The fraction of sp³-hybridized carbons (Fsp3) is 0.500. The van der Waals surface area contributed by atoms with Crippen molar-refractivity contribution in [3.63, 3.8) is 0 Å².